The molecule has 0 amide bonds. The Labute approximate surface area is 328 Å². The average Bonchev–Trinajstić information content (AvgIpc) is 3.83. The summed E-state index contributed by atoms with van der Waals surface area (Å²) in [6.45, 7) is 0. The maximum atomic E-state index is 5.26. The third kappa shape index (κ3) is 5.44. The number of thiophene rings is 1. The highest BCUT2D eigenvalue weighted by Crippen LogP contribution is 2.44. The molecule has 11 rings (SSSR count). The number of rotatable bonds is 6. The lowest BCUT2D eigenvalue weighted by molar-refractivity contribution is 0.674. The molecular formula is C51H34N4S. The monoisotopic (exact) mass is 734 g/mol. The summed E-state index contributed by atoms with van der Waals surface area (Å²) in [5, 5.41) is 8.71. The highest BCUT2D eigenvalue weighted by atomic mass is 32.1. The van der Waals surface area contributed by atoms with Crippen LogP contribution in [0.4, 0.5) is 0 Å². The number of benzene rings is 8. The Morgan fingerprint density at radius 2 is 1.12 bits per heavy atom. The minimum atomic E-state index is -0.302. The molecule has 0 saturated carbocycles. The summed E-state index contributed by atoms with van der Waals surface area (Å²) in [5.74, 6) is 1.48. The normalized spacial score (nSPS) is 14.2. The molecule has 0 bridgehead atoms. The van der Waals surface area contributed by atoms with Crippen LogP contribution < -0.4 is 5.32 Å². The fraction of sp³-hybridized carbons (Fsp3) is 0.0196. The van der Waals surface area contributed by atoms with E-state index in [4.69, 9.17) is 9.98 Å². The van der Waals surface area contributed by atoms with Gasteiger partial charge in [0.2, 0.25) is 0 Å². The van der Waals surface area contributed by atoms with E-state index in [1.807, 2.05) is 23.5 Å². The molecule has 10 aromatic rings. The Hall–Kier alpha value is -7.08. The van der Waals surface area contributed by atoms with Gasteiger partial charge in [-0.2, -0.15) is 0 Å². The molecule has 1 atom stereocenters. The van der Waals surface area contributed by atoms with Crippen LogP contribution in [0.3, 0.4) is 0 Å². The van der Waals surface area contributed by atoms with Crippen LogP contribution in [0.2, 0.25) is 0 Å². The van der Waals surface area contributed by atoms with Gasteiger partial charge in [-0.25, -0.2) is 9.98 Å². The van der Waals surface area contributed by atoms with Crippen LogP contribution >= 0.6 is 11.3 Å². The number of hydrogen-bond acceptors (Lipinski definition) is 4. The molecule has 0 spiro atoms. The van der Waals surface area contributed by atoms with E-state index in [2.05, 4.69) is 192 Å². The fourth-order valence-corrected chi connectivity index (χ4v) is 9.49. The van der Waals surface area contributed by atoms with Gasteiger partial charge >= 0.3 is 0 Å². The molecule has 4 nitrogen and oxygen atoms in total. The lowest BCUT2D eigenvalue weighted by Crippen LogP contribution is -2.33. The SMILES string of the molecule is c1ccc(-c2cccc(C3=NC(c4cccc(-n5c6ccccc6c6cccc(-c7cccc8c7sc7ccccc78)c65)c4)=NC(c4ccccc4)N3)c2)cc1. The van der Waals surface area contributed by atoms with E-state index in [-0.39, 0.29) is 6.17 Å². The van der Waals surface area contributed by atoms with E-state index in [0.29, 0.717) is 5.84 Å². The van der Waals surface area contributed by atoms with Crippen LogP contribution in [0, 0.1) is 0 Å². The first-order chi connectivity index (χ1) is 27.8. The summed E-state index contributed by atoms with van der Waals surface area (Å²) < 4.78 is 5.04. The van der Waals surface area contributed by atoms with E-state index >= 15 is 0 Å². The van der Waals surface area contributed by atoms with Gasteiger partial charge < -0.3 is 9.88 Å². The Morgan fingerprint density at radius 1 is 0.482 bits per heavy atom. The summed E-state index contributed by atoms with van der Waals surface area (Å²) >= 11 is 1.87. The Bertz CT molecular complexity index is 3170. The molecule has 1 aliphatic rings. The smallest absolute Gasteiger partial charge is 0.159 e. The van der Waals surface area contributed by atoms with Crippen molar-refractivity contribution in [1.82, 2.24) is 9.88 Å². The molecule has 0 aliphatic carbocycles. The highest BCUT2D eigenvalue weighted by Gasteiger charge is 2.23. The number of amidine groups is 2. The molecule has 1 aliphatic heterocycles. The zero-order valence-corrected chi connectivity index (χ0v) is 31.1. The van der Waals surface area contributed by atoms with E-state index in [9.17, 15) is 0 Å². The quantitative estimate of drug-likeness (QED) is 0.182. The lowest BCUT2D eigenvalue weighted by atomic mass is 10.00. The van der Waals surface area contributed by atoms with E-state index < -0.39 is 0 Å². The molecule has 1 unspecified atom stereocenters. The van der Waals surface area contributed by atoms with Crippen molar-refractivity contribution in [2.45, 2.75) is 6.17 Å². The highest BCUT2D eigenvalue weighted by molar-refractivity contribution is 7.26. The minimum Gasteiger partial charge on any atom is -0.344 e. The van der Waals surface area contributed by atoms with Gasteiger partial charge in [0.05, 0.1) is 11.0 Å². The molecule has 1 N–H and O–H groups in total. The van der Waals surface area contributed by atoms with Crippen molar-refractivity contribution >= 4 is 65.0 Å². The average molecular weight is 735 g/mol. The van der Waals surface area contributed by atoms with Gasteiger partial charge in [0.1, 0.15) is 12.0 Å². The maximum Gasteiger partial charge on any atom is 0.159 e. The number of hydrogen-bond donors (Lipinski definition) is 1. The Kier molecular flexibility index (Phi) is 7.71. The first kappa shape index (κ1) is 32.4. The standard InChI is InChI=1S/C51H34N4S/c1-3-15-33(16-4-1)35-19-11-20-36(31-35)50-52-49(34-17-5-2-6-18-34)53-51(54-50)37-21-12-22-38(32-37)55-45-29-9-7-23-39(45)41-25-13-26-42(47(41)55)44-28-14-27-43-40-24-8-10-30-46(40)56-48(43)44/h1-32,49H,(H,52,53,54). The van der Waals surface area contributed by atoms with E-state index in [1.54, 1.807) is 0 Å². The molecule has 56 heavy (non-hydrogen) atoms. The van der Waals surface area contributed by atoms with Gasteiger partial charge in [0.15, 0.2) is 5.84 Å². The van der Waals surface area contributed by atoms with Gasteiger partial charge in [-0.05, 0) is 47.0 Å². The minimum absolute atomic E-state index is 0.302. The second-order valence-corrected chi connectivity index (χ2v) is 15.3. The van der Waals surface area contributed by atoms with Gasteiger partial charge in [-0.1, -0.05) is 164 Å². The molecule has 0 fully saturated rings. The van der Waals surface area contributed by atoms with Crippen molar-refractivity contribution < 1.29 is 0 Å². The van der Waals surface area contributed by atoms with Gasteiger partial charge in [-0.3, -0.25) is 0 Å². The summed E-state index contributed by atoms with van der Waals surface area (Å²) in [5.41, 5.74) is 11.2. The number of nitrogens with zero attached hydrogens (tertiary/aromatic N) is 3. The predicted molar refractivity (Wildman–Crippen MR) is 236 cm³/mol. The molecule has 0 saturated heterocycles. The largest absolute Gasteiger partial charge is 0.344 e. The zero-order chi connectivity index (χ0) is 37.0. The van der Waals surface area contributed by atoms with Crippen LogP contribution in [-0.4, -0.2) is 16.2 Å². The second-order valence-electron chi connectivity index (χ2n) is 14.2. The molecular weight excluding hydrogens is 701 g/mol. The van der Waals surface area contributed by atoms with E-state index in [1.165, 1.54) is 53.2 Å². The first-order valence-corrected chi connectivity index (χ1v) is 19.8. The van der Waals surface area contributed by atoms with Gasteiger partial charge in [-0.15, -0.1) is 11.3 Å². The van der Waals surface area contributed by atoms with Crippen molar-refractivity contribution in [1.29, 1.82) is 0 Å². The zero-order valence-electron chi connectivity index (χ0n) is 30.3. The first-order valence-electron chi connectivity index (χ1n) is 18.9. The molecule has 0 radical (unpaired) electrons. The summed E-state index contributed by atoms with van der Waals surface area (Å²) in [7, 11) is 0. The molecule has 5 heteroatoms. The topological polar surface area (TPSA) is 41.7 Å². The van der Waals surface area contributed by atoms with Crippen LogP contribution in [0.5, 0.6) is 0 Å². The second kappa shape index (κ2) is 13.3. The molecule has 264 valence electrons. The van der Waals surface area contributed by atoms with Crippen molar-refractivity contribution in [2.24, 2.45) is 9.98 Å². The number of nitrogens with one attached hydrogen (secondary N) is 1. The van der Waals surface area contributed by atoms with Crippen molar-refractivity contribution in [3.8, 4) is 27.9 Å². The van der Waals surface area contributed by atoms with Crippen molar-refractivity contribution in [2.75, 3.05) is 0 Å². The van der Waals surface area contributed by atoms with Crippen LogP contribution in [-0.2, 0) is 0 Å². The number of para-hydroxylation sites is 2. The maximum absolute atomic E-state index is 5.26. The van der Waals surface area contributed by atoms with Gasteiger partial charge in [0, 0.05) is 58.9 Å². The Balaban J connectivity index is 1.10. The fourth-order valence-electron chi connectivity index (χ4n) is 8.26. The Morgan fingerprint density at radius 3 is 2.00 bits per heavy atom. The van der Waals surface area contributed by atoms with Crippen LogP contribution in [0.15, 0.2) is 204 Å². The lowest BCUT2D eigenvalue weighted by Gasteiger charge is -2.24. The van der Waals surface area contributed by atoms with Crippen molar-refractivity contribution in [3.63, 3.8) is 0 Å². The van der Waals surface area contributed by atoms with Crippen LogP contribution in [0.25, 0.3) is 69.9 Å². The number of fused-ring (bicyclic) bond motifs is 6. The van der Waals surface area contributed by atoms with Crippen molar-refractivity contribution in [3.05, 3.63) is 211 Å². The molecule has 3 heterocycles. The third-order valence-electron chi connectivity index (χ3n) is 10.9. The summed E-state index contributed by atoms with van der Waals surface area (Å²) in [6.07, 6.45) is -0.302. The summed E-state index contributed by atoms with van der Waals surface area (Å²) in [6, 6.07) is 69.1. The van der Waals surface area contributed by atoms with E-state index in [0.717, 1.165) is 39.3 Å². The predicted octanol–water partition coefficient (Wildman–Crippen LogP) is 13.0. The number of aromatic nitrogens is 1. The van der Waals surface area contributed by atoms with Gasteiger partial charge in [0.25, 0.3) is 0 Å². The molecule has 2 aromatic heterocycles. The third-order valence-corrected chi connectivity index (χ3v) is 12.1. The summed E-state index contributed by atoms with van der Waals surface area (Å²) in [4.78, 5) is 10.5. The number of aliphatic imine (C=N–C) groups is 2. The van der Waals surface area contributed by atoms with Crippen LogP contribution in [0.1, 0.15) is 22.9 Å². The molecule has 8 aromatic carbocycles.